The van der Waals surface area contributed by atoms with Crippen molar-refractivity contribution in [2.24, 2.45) is 0 Å². The normalized spacial score (nSPS) is 16.5. The standard InChI is InChI=1S/C19H30N2O3S2/c1-14-9-10-17(13-15(14)2)21(26(4,23)24)16(3)19(22)20-11-12-25-18-7-5-6-8-18/h9-10,13,16,18H,5-8,11-12H2,1-4H3,(H,20,22). The first-order chi connectivity index (χ1) is 12.2. The topological polar surface area (TPSA) is 66.5 Å². The van der Waals surface area contributed by atoms with E-state index < -0.39 is 16.1 Å². The average molecular weight is 399 g/mol. The Bertz CT molecular complexity index is 728. The minimum Gasteiger partial charge on any atom is -0.353 e. The molecule has 0 radical (unpaired) electrons. The minimum absolute atomic E-state index is 0.263. The van der Waals surface area contributed by atoms with Gasteiger partial charge in [0.25, 0.3) is 0 Å². The molecule has 1 fully saturated rings. The Kier molecular flexibility index (Phi) is 7.41. The lowest BCUT2D eigenvalue weighted by atomic mass is 10.1. The van der Waals surface area contributed by atoms with Crippen molar-refractivity contribution in [3.8, 4) is 0 Å². The SMILES string of the molecule is Cc1ccc(N(C(C)C(=O)NCCSC2CCCC2)S(C)(=O)=O)cc1C. The smallest absolute Gasteiger partial charge is 0.243 e. The van der Waals surface area contributed by atoms with Crippen molar-refractivity contribution in [3.63, 3.8) is 0 Å². The highest BCUT2D eigenvalue weighted by molar-refractivity contribution is 7.99. The van der Waals surface area contributed by atoms with Crippen LogP contribution in [0, 0.1) is 13.8 Å². The molecule has 1 aromatic carbocycles. The molecule has 0 spiro atoms. The minimum atomic E-state index is -3.57. The third kappa shape index (κ3) is 5.64. The summed E-state index contributed by atoms with van der Waals surface area (Å²) in [6.07, 6.45) is 6.29. The van der Waals surface area contributed by atoms with E-state index in [0.717, 1.165) is 23.1 Å². The first-order valence-electron chi connectivity index (χ1n) is 9.16. The Morgan fingerprint density at radius 1 is 1.27 bits per heavy atom. The molecule has 5 nitrogen and oxygen atoms in total. The van der Waals surface area contributed by atoms with Gasteiger partial charge in [0, 0.05) is 17.5 Å². The monoisotopic (exact) mass is 398 g/mol. The Morgan fingerprint density at radius 2 is 1.92 bits per heavy atom. The van der Waals surface area contributed by atoms with Gasteiger partial charge < -0.3 is 5.32 Å². The number of amides is 1. The quantitative estimate of drug-likeness (QED) is 0.683. The Balaban J connectivity index is 2.00. The van der Waals surface area contributed by atoms with Crippen molar-refractivity contribution in [2.75, 3.05) is 22.9 Å². The number of nitrogens with one attached hydrogen (secondary N) is 1. The van der Waals surface area contributed by atoms with Gasteiger partial charge in [-0.1, -0.05) is 18.9 Å². The highest BCUT2D eigenvalue weighted by Crippen LogP contribution is 2.29. The molecule has 2 rings (SSSR count). The fraction of sp³-hybridized carbons (Fsp3) is 0.632. The molecule has 26 heavy (non-hydrogen) atoms. The summed E-state index contributed by atoms with van der Waals surface area (Å²) in [5.41, 5.74) is 2.61. The van der Waals surface area contributed by atoms with Crippen LogP contribution < -0.4 is 9.62 Å². The maximum Gasteiger partial charge on any atom is 0.243 e. The van der Waals surface area contributed by atoms with Crippen LogP contribution in [0.3, 0.4) is 0 Å². The summed E-state index contributed by atoms with van der Waals surface area (Å²) in [7, 11) is -3.57. The summed E-state index contributed by atoms with van der Waals surface area (Å²) in [6, 6.07) is 4.66. The zero-order chi connectivity index (χ0) is 19.3. The van der Waals surface area contributed by atoms with E-state index in [0.29, 0.717) is 17.5 Å². The molecule has 0 bridgehead atoms. The Labute approximate surface area is 162 Å². The number of hydrogen-bond acceptors (Lipinski definition) is 4. The summed E-state index contributed by atoms with van der Waals surface area (Å²) in [5, 5.41) is 3.60. The van der Waals surface area contributed by atoms with Gasteiger partial charge in [-0.2, -0.15) is 11.8 Å². The van der Waals surface area contributed by atoms with Gasteiger partial charge >= 0.3 is 0 Å². The molecule has 1 unspecified atom stereocenters. The fourth-order valence-electron chi connectivity index (χ4n) is 3.27. The van der Waals surface area contributed by atoms with Gasteiger partial charge in [-0.25, -0.2) is 8.42 Å². The fourth-order valence-corrected chi connectivity index (χ4v) is 5.66. The summed E-state index contributed by atoms with van der Waals surface area (Å²) in [4.78, 5) is 12.5. The Morgan fingerprint density at radius 3 is 2.50 bits per heavy atom. The predicted molar refractivity (Wildman–Crippen MR) is 110 cm³/mol. The molecule has 1 amide bonds. The number of carbonyl (C=O) groups is 1. The number of sulfonamides is 1. The van der Waals surface area contributed by atoms with E-state index in [1.54, 1.807) is 13.0 Å². The van der Waals surface area contributed by atoms with Crippen LogP contribution in [0.15, 0.2) is 18.2 Å². The largest absolute Gasteiger partial charge is 0.353 e. The molecule has 1 saturated carbocycles. The summed E-state index contributed by atoms with van der Waals surface area (Å²) < 4.78 is 25.8. The zero-order valence-electron chi connectivity index (χ0n) is 16.1. The molecular formula is C19H30N2O3S2. The van der Waals surface area contributed by atoms with Crippen molar-refractivity contribution < 1.29 is 13.2 Å². The van der Waals surface area contributed by atoms with Gasteiger partial charge in [0.1, 0.15) is 6.04 Å². The lowest BCUT2D eigenvalue weighted by Gasteiger charge is -2.28. The Hall–Kier alpha value is -1.21. The molecule has 0 saturated heterocycles. The molecule has 7 heteroatoms. The number of nitrogens with zero attached hydrogens (tertiary/aromatic N) is 1. The number of hydrogen-bond donors (Lipinski definition) is 1. The van der Waals surface area contributed by atoms with Crippen LogP contribution in [-0.2, 0) is 14.8 Å². The van der Waals surface area contributed by atoms with E-state index in [1.165, 1.54) is 30.0 Å². The van der Waals surface area contributed by atoms with Gasteiger partial charge in [0.05, 0.1) is 11.9 Å². The first kappa shape index (κ1) is 21.1. The lowest BCUT2D eigenvalue weighted by Crippen LogP contribution is -2.48. The molecule has 1 aromatic rings. The van der Waals surface area contributed by atoms with Crippen molar-refractivity contribution >= 4 is 33.4 Å². The van der Waals surface area contributed by atoms with E-state index in [2.05, 4.69) is 5.32 Å². The number of thioether (sulfide) groups is 1. The van der Waals surface area contributed by atoms with Crippen LogP contribution in [0.5, 0.6) is 0 Å². The van der Waals surface area contributed by atoms with Crippen molar-refractivity contribution in [2.45, 2.75) is 57.7 Å². The maximum atomic E-state index is 12.5. The molecule has 0 aromatic heterocycles. The van der Waals surface area contributed by atoms with Crippen molar-refractivity contribution in [1.29, 1.82) is 0 Å². The van der Waals surface area contributed by atoms with Crippen LogP contribution in [0.25, 0.3) is 0 Å². The summed E-state index contributed by atoms with van der Waals surface area (Å²) in [5.74, 6) is 0.603. The second-order valence-electron chi connectivity index (χ2n) is 7.07. The number of anilines is 1. The molecule has 146 valence electrons. The van der Waals surface area contributed by atoms with Gasteiger partial charge in [-0.3, -0.25) is 9.10 Å². The van der Waals surface area contributed by atoms with E-state index >= 15 is 0 Å². The number of aryl methyl sites for hydroxylation is 2. The van der Waals surface area contributed by atoms with Crippen molar-refractivity contribution in [1.82, 2.24) is 5.32 Å². The van der Waals surface area contributed by atoms with Crippen LogP contribution >= 0.6 is 11.8 Å². The number of rotatable bonds is 8. The molecule has 1 aliphatic carbocycles. The zero-order valence-corrected chi connectivity index (χ0v) is 17.8. The van der Waals surface area contributed by atoms with Crippen molar-refractivity contribution in [3.05, 3.63) is 29.3 Å². The third-order valence-corrected chi connectivity index (χ3v) is 7.51. The second kappa shape index (κ2) is 9.13. The molecular weight excluding hydrogens is 368 g/mol. The number of carbonyl (C=O) groups excluding carboxylic acids is 1. The van der Waals surface area contributed by atoms with Gasteiger partial charge in [-0.15, -0.1) is 0 Å². The number of benzene rings is 1. The van der Waals surface area contributed by atoms with Crippen LogP contribution in [0.2, 0.25) is 0 Å². The predicted octanol–water partition coefficient (Wildman–Crippen LogP) is 3.25. The second-order valence-corrected chi connectivity index (χ2v) is 10.3. The highest BCUT2D eigenvalue weighted by atomic mass is 32.2. The first-order valence-corrected chi connectivity index (χ1v) is 12.1. The summed E-state index contributed by atoms with van der Waals surface area (Å²) in [6.45, 7) is 6.11. The molecule has 1 atom stereocenters. The van der Waals surface area contributed by atoms with Crippen LogP contribution in [0.4, 0.5) is 5.69 Å². The molecule has 1 N–H and O–H groups in total. The van der Waals surface area contributed by atoms with Gasteiger partial charge in [0.15, 0.2) is 0 Å². The molecule has 0 heterocycles. The van der Waals surface area contributed by atoms with Crippen LogP contribution in [-0.4, -0.2) is 44.2 Å². The van der Waals surface area contributed by atoms with E-state index in [4.69, 9.17) is 0 Å². The molecule has 1 aliphatic rings. The summed E-state index contributed by atoms with van der Waals surface area (Å²) >= 11 is 1.91. The third-order valence-electron chi connectivity index (χ3n) is 4.89. The maximum absolute atomic E-state index is 12.5. The lowest BCUT2D eigenvalue weighted by molar-refractivity contribution is -0.121. The van der Waals surface area contributed by atoms with E-state index in [9.17, 15) is 13.2 Å². The highest BCUT2D eigenvalue weighted by Gasteiger charge is 2.29. The van der Waals surface area contributed by atoms with Crippen LogP contribution in [0.1, 0.15) is 43.7 Å². The van der Waals surface area contributed by atoms with E-state index in [1.807, 2.05) is 37.7 Å². The molecule has 0 aliphatic heterocycles. The average Bonchev–Trinajstić information content (AvgIpc) is 3.07. The van der Waals surface area contributed by atoms with Gasteiger partial charge in [0.2, 0.25) is 15.9 Å². The van der Waals surface area contributed by atoms with E-state index in [-0.39, 0.29) is 5.91 Å². The van der Waals surface area contributed by atoms with Gasteiger partial charge in [-0.05, 0) is 56.9 Å².